The Bertz CT molecular complexity index is 285. The van der Waals surface area contributed by atoms with Gasteiger partial charge in [0.1, 0.15) is 0 Å². The molecule has 2 aliphatic heterocycles. The second kappa shape index (κ2) is 3.21. The van der Waals surface area contributed by atoms with Crippen LogP contribution in [0.4, 0.5) is 0 Å². The highest BCUT2D eigenvalue weighted by Gasteiger charge is 2.57. The van der Waals surface area contributed by atoms with E-state index in [1.165, 1.54) is 12.8 Å². The molecule has 3 rings (SSSR count). The van der Waals surface area contributed by atoms with Gasteiger partial charge < -0.3 is 9.84 Å². The summed E-state index contributed by atoms with van der Waals surface area (Å²) in [6, 6.07) is 0. The fraction of sp³-hybridized carbons (Fsp3) is 0.917. The average molecular weight is 210 g/mol. The molecule has 84 valence electrons. The Balaban J connectivity index is 1.73. The molecule has 3 fully saturated rings. The molecule has 3 nitrogen and oxygen atoms in total. The van der Waals surface area contributed by atoms with Crippen LogP contribution in [0, 0.1) is 11.3 Å². The lowest BCUT2D eigenvalue weighted by Crippen LogP contribution is -2.40. The van der Waals surface area contributed by atoms with E-state index in [0.29, 0.717) is 0 Å². The quantitative estimate of drug-likeness (QED) is 0.773. The van der Waals surface area contributed by atoms with Crippen LogP contribution in [0.25, 0.3) is 0 Å². The molecule has 0 amide bonds. The van der Waals surface area contributed by atoms with Gasteiger partial charge in [-0.25, -0.2) is 0 Å². The molecule has 0 spiro atoms. The van der Waals surface area contributed by atoms with Crippen molar-refractivity contribution in [3.05, 3.63) is 0 Å². The van der Waals surface area contributed by atoms with Crippen LogP contribution < -0.4 is 0 Å². The molecule has 0 aromatic rings. The molecule has 2 saturated heterocycles. The molecule has 2 heterocycles. The predicted octanol–water partition coefficient (Wildman–Crippen LogP) is 2.20. The van der Waals surface area contributed by atoms with Crippen LogP contribution in [-0.2, 0) is 9.53 Å². The third-order valence-corrected chi connectivity index (χ3v) is 4.44. The van der Waals surface area contributed by atoms with Crippen molar-refractivity contribution >= 4 is 5.97 Å². The Hall–Kier alpha value is -0.570. The number of aliphatic carboxylic acids is 1. The molecule has 0 aromatic carbocycles. The topological polar surface area (TPSA) is 46.5 Å². The average Bonchev–Trinajstić information content (AvgIpc) is 2.83. The molecule has 15 heavy (non-hydrogen) atoms. The first-order valence-corrected chi connectivity index (χ1v) is 6.09. The summed E-state index contributed by atoms with van der Waals surface area (Å²) in [4.78, 5) is 11.5. The monoisotopic (exact) mass is 210 g/mol. The lowest BCUT2D eigenvalue weighted by Gasteiger charge is -2.30. The van der Waals surface area contributed by atoms with Gasteiger partial charge in [-0.1, -0.05) is 12.8 Å². The molecule has 3 heteroatoms. The Kier molecular flexibility index (Phi) is 2.06. The van der Waals surface area contributed by atoms with Gasteiger partial charge in [-0.2, -0.15) is 0 Å². The molecule has 0 radical (unpaired) electrons. The Morgan fingerprint density at radius 1 is 1.33 bits per heavy atom. The largest absolute Gasteiger partial charge is 0.481 e. The smallest absolute Gasteiger partial charge is 0.312 e. The van der Waals surface area contributed by atoms with Gasteiger partial charge in [0, 0.05) is 0 Å². The summed E-state index contributed by atoms with van der Waals surface area (Å²) in [6.45, 7) is 0. The van der Waals surface area contributed by atoms with E-state index in [4.69, 9.17) is 4.74 Å². The van der Waals surface area contributed by atoms with Crippen molar-refractivity contribution in [3.8, 4) is 0 Å². The fourth-order valence-electron chi connectivity index (χ4n) is 3.26. The maximum absolute atomic E-state index is 11.5. The molecule has 1 N–H and O–H groups in total. The van der Waals surface area contributed by atoms with E-state index in [1.807, 2.05) is 0 Å². The van der Waals surface area contributed by atoms with Gasteiger partial charge in [-0.15, -0.1) is 0 Å². The molecule has 0 aromatic heterocycles. The van der Waals surface area contributed by atoms with Crippen molar-refractivity contribution in [1.82, 2.24) is 0 Å². The van der Waals surface area contributed by atoms with Crippen molar-refractivity contribution < 1.29 is 14.6 Å². The number of carbonyl (C=O) groups is 1. The van der Waals surface area contributed by atoms with E-state index in [0.717, 1.165) is 38.0 Å². The van der Waals surface area contributed by atoms with E-state index in [2.05, 4.69) is 0 Å². The first-order valence-electron chi connectivity index (χ1n) is 6.09. The van der Waals surface area contributed by atoms with Crippen LogP contribution in [0.5, 0.6) is 0 Å². The highest BCUT2D eigenvalue weighted by molar-refractivity contribution is 5.76. The first-order chi connectivity index (χ1) is 7.21. The molecule has 3 atom stereocenters. The van der Waals surface area contributed by atoms with E-state index >= 15 is 0 Å². The van der Waals surface area contributed by atoms with Gasteiger partial charge in [-0.3, -0.25) is 4.79 Å². The second-order valence-electron chi connectivity index (χ2n) is 5.47. The van der Waals surface area contributed by atoms with E-state index < -0.39 is 11.4 Å². The summed E-state index contributed by atoms with van der Waals surface area (Å²) < 4.78 is 5.72. The van der Waals surface area contributed by atoms with Crippen molar-refractivity contribution in [2.24, 2.45) is 11.3 Å². The molecular weight excluding hydrogens is 192 g/mol. The summed E-state index contributed by atoms with van der Waals surface area (Å²) >= 11 is 0. The molecule has 1 aliphatic carbocycles. The third-order valence-electron chi connectivity index (χ3n) is 4.44. The molecule has 3 aliphatic rings. The van der Waals surface area contributed by atoms with Crippen LogP contribution in [0.3, 0.4) is 0 Å². The molecular formula is C12H18O3. The van der Waals surface area contributed by atoms with Gasteiger partial charge >= 0.3 is 5.97 Å². The van der Waals surface area contributed by atoms with E-state index in [9.17, 15) is 9.90 Å². The third kappa shape index (κ3) is 1.48. The second-order valence-corrected chi connectivity index (χ2v) is 5.47. The molecule has 3 unspecified atom stereocenters. The number of ether oxygens (including phenoxy) is 1. The highest BCUT2D eigenvalue weighted by Crippen LogP contribution is 2.52. The minimum atomic E-state index is -0.615. The summed E-state index contributed by atoms with van der Waals surface area (Å²) in [7, 11) is 0. The predicted molar refractivity (Wildman–Crippen MR) is 54.5 cm³/mol. The summed E-state index contributed by atoms with van der Waals surface area (Å²) in [5, 5.41) is 9.44. The van der Waals surface area contributed by atoms with Crippen molar-refractivity contribution in [1.29, 1.82) is 0 Å². The summed E-state index contributed by atoms with van der Waals surface area (Å²) in [5.74, 6) is 0.204. The Labute approximate surface area is 89.8 Å². The normalized spacial score (nSPS) is 43.5. The van der Waals surface area contributed by atoms with Crippen LogP contribution in [0.15, 0.2) is 0 Å². The van der Waals surface area contributed by atoms with Crippen LogP contribution in [0.1, 0.15) is 44.9 Å². The number of carboxylic acid groups (broad SMARTS) is 1. The van der Waals surface area contributed by atoms with Crippen LogP contribution in [0.2, 0.25) is 0 Å². The van der Waals surface area contributed by atoms with Gasteiger partial charge in [-0.05, 0) is 38.0 Å². The minimum Gasteiger partial charge on any atom is -0.481 e. The van der Waals surface area contributed by atoms with Crippen LogP contribution >= 0.6 is 0 Å². The number of rotatable bonds is 4. The molecule has 2 bridgehead atoms. The lowest BCUT2D eigenvalue weighted by molar-refractivity contribution is -0.153. The highest BCUT2D eigenvalue weighted by atomic mass is 16.5. The minimum absolute atomic E-state index is 0.0127. The zero-order valence-electron chi connectivity index (χ0n) is 8.95. The van der Waals surface area contributed by atoms with Crippen molar-refractivity contribution in [2.45, 2.75) is 57.2 Å². The fourth-order valence-corrected chi connectivity index (χ4v) is 3.26. The Morgan fingerprint density at radius 3 is 2.60 bits per heavy atom. The zero-order valence-corrected chi connectivity index (χ0v) is 8.95. The van der Waals surface area contributed by atoms with E-state index in [-0.39, 0.29) is 12.2 Å². The maximum Gasteiger partial charge on any atom is 0.312 e. The lowest BCUT2D eigenvalue weighted by atomic mass is 9.70. The van der Waals surface area contributed by atoms with Gasteiger partial charge in [0.25, 0.3) is 0 Å². The summed E-state index contributed by atoms with van der Waals surface area (Å²) in [5.41, 5.74) is -0.522. The van der Waals surface area contributed by atoms with Gasteiger partial charge in [0.15, 0.2) is 0 Å². The van der Waals surface area contributed by atoms with E-state index in [1.54, 1.807) is 0 Å². The van der Waals surface area contributed by atoms with Crippen molar-refractivity contribution in [3.63, 3.8) is 0 Å². The number of carboxylic acids is 1. The maximum atomic E-state index is 11.5. The SMILES string of the molecule is O=C(O)C1(CCC2CC2)CC2CCC1O2. The number of fused-ring (bicyclic) bond motifs is 2. The standard InChI is InChI=1S/C12H18O3/c13-11(14)12(6-5-8-1-2-8)7-9-3-4-10(12)15-9/h8-10H,1-7H2,(H,13,14). The first kappa shape index (κ1) is 9.64. The number of hydrogen-bond donors (Lipinski definition) is 1. The van der Waals surface area contributed by atoms with Gasteiger partial charge in [0.05, 0.1) is 17.6 Å². The Morgan fingerprint density at radius 2 is 2.13 bits per heavy atom. The molecule has 1 saturated carbocycles. The number of hydrogen-bond acceptors (Lipinski definition) is 2. The van der Waals surface area contributed by atoms with Gasteiger partial charge in [0.2, 0.25) is 0 Å². The van der Waals surface area contributed by atoms with Crippen molar-refractivity contribution in [2.75, 3.05) is 0 Å². The van der Waals surface area contributed by atoms with Crippen LogP contribution in [-0.4, -0.2) is 23.3 Å². The zero-order chi connectivity index (χ0) is 10.5. The summed E-state index contributed by atoms with van der Waals surface area (Å²) in [6.07, 6.45) is 7.61.